The van der Waals surface area contributed by atoms with Gasteiger partial charge in [0.15, 0.2) is 0 Å². The van der Waals surface area contributed by atoms with E-state index in [0.29, 0.717) is 0 Å². The van der Waals surface area contributed by atoms with E-state index in [4.69, 9.17) is 0 Å². The molecule has 0 saturated carbocycles. The Morgan fingerprint density at radius 3 is 2.67 bits per heavy atom. The molecule has 0 fully saturated rings. The molecule has 1 atom stereocenters. The van der Waals surface area contributed by atoms with Gasteiger partial charge in [0.2, 0.25) is 0 Å². The van der Waals surface area contributed by atoms with Crippen LogP contribution in [0.3, 0.4) is 0 Å². The Labute approximate surface area is 127 Å². The Hall–Kier alpha value is -1.77. The van der Waals surface area contributed by atoms with E-state index in [2.05, 4.69) is 30.7 Å². The lowest BCUT2D eigenvalue weighted by atomic mass is 10.0. The van der Waals surface area contributed by atoms with Gasteiger partial charge in [-0.15, -0.1) is 0 Å². The lowest BCUT2D eigenvalue weighted by Crippen LogP contribution is -2.32. The summed E-state index contributed by atoms with van der Waals surface area (Å²) in [4.78, 5) is 12.3. The van der Waals surface area contributed by atoms with Crippen LogP contribution in [0.2, 0.25) is 0 Å². The van der Waals surface area contributed by atoms with Crippen molar-refractivity contribution < 1.29 is 4.79 Å². The fourth-order valence-electron chi connectivity index (χ4n) is 2.63. The zero-order valence-electron chi connectivity index (χ0n) is 13.5. The first-order valence-corrected chi connectivity index (χ1v) is 7.83. The van der Waals surface area contributed by atoms with Gasteiger partial charge >= 0.3 is 0 Å². The summed E-state index contributed by atoms with van der Waals surface area (Å²) in [6.07, 6.45) is 5.44. The second-order valence-electron chi connectivity index (χ2n) is 6.40. The average Bonchev–Trinajstić information content (AvgIpc) is 2.79. The van der Waals surface area contributed by atoms with E-state index in [1.165, 1.54) is 6.42 Å². The zero-order chi connectivity index (χ0) is 15.4. The first-order chi connectivity index (χ1) is 9.97. The lowest BCUT2D eigenvalue weighted by Gasteiger charge is -2.14. The quantitative estimate of drug-likeness (QED) is 0.851. The van der Waals surface area contributed by atoms with Gasteiger partial charge in [-0.05, 0) is 43.5 Å². The van der Waals surface area contributed by atoms with Crippen molar-refractivity contribution >= 4 is 16.8 Å². The predicted molar refractivity (Wildman–Crippen MR) is 88.5 cm³/mol. The van der Waals surface area contributed by atoms with Crippen molar-refractivity contribution in [1.29, 1.82) is 0 Å². The summed E-state index contributed by atoms with van der Waals surface area (Å²) in [6, 6.07) is 8.14. The first kappa shape index (κ1) is 15.6. The number of nitrogens with zero attached hydrogens (tertiary/aromatic N) is 1. The smallest absolute Gasteiger partial charge is 0.251 e. The van der Waals surface area contributed by atoms with Crippen molar-refractivity contribution in [3.05, 3.63) is 36.0 Å². The van der Waals surface area contributed by atoms with Crippen molar-refractivity contribution in [2.75, 3.05) is 0 Å². The van der Waals surface area contributed by atoms with Crippen LogP contribution in [0.1, 0.15) is 50.4 Å². The van der Waals surface area contributed by atoms with Crippen LogP contribution in [-0.2, 0) is 7.05 Å². The Balaban J connectivity index is 1.95. The number of nitrogens with one attached hydrogen (secondary N) is 1. The van der Waals surface area contributed by atoms with Gasteiger partial charge in [-0.25, -0.2) is 0 Å². The molecule has 0 radical (unpaired) electrons. The highest BCUT2D eigenvalue weighted by Crippen LogP contribution is 2.17. The fraction of sp³-hybridized carbons (Fsp3) is 0.500. The average molecular weight is 286 g/mol. The SMILES string of the molecule is CC(C)CCC[C@H](C)NC(=O)c1ccc2c(ccn2C)c1. The number of aryl methyl sites for hydroxylation is 1. The molecular weight excluding hydrogens is 260 g/mol. The Morgan fingerprint density at radius 1 is 1.19 bits per heavy atom. The monoisotopic (exact) mass is 286 g/mol. The van der Waals surface area contributed by atoms with E-state index < -0.39 is 0 Å². The molecule has 21 heavy (non-hydrogen) atoms. The molecule has 0 saturated heterocycles. The maximum absolute atomic E-state index is 12.3. The summed E-state index contributed by atoms with van der Waals surface area (Å²) in [7, 11) is 2.01. The van der Waals surface area contributed by atoms with E-state index >= 15 is 0 Å². The molecule has 1 aromatic carbocycles. The summed E-state index contributed by atoms with van der Waals surface area (Å²) >= 11 is 0. The molecule has 0 unspecified atom stereocenters. The largest absolute Gasteiger partial charge is 0.351 e. The number of carbonyl (C=O) groups is 1. The van der Waals surface area contributed by atoms with Crippen molar-refractivity contribution in [3.63, 3.8) is 0 Å². The van der Waals surface area contributed by atoms with Gasteiger partial charge in [0, 0.05) is 35.8 Å². The van der Waals surface area contributed by atoms with Crippen molar-refractivity contribution in [1.82, 2.24) is 9.88 Å². The molecule has 1 amide bonds. The maximum Gasteiger partial charge on any atom is 0.251 e. The highest BCUT2D eigenvalue weighted by atomic mass is 16.1. The summed E-state index contributed by atoms with van der Waals surface area (Å²) in [5.41, 5.74) is 1.89. The molecule has 1 N–H and O–H groups in total. The second-order valence-corrected chi connectivity index (χ2v) is 6.40. The third-order valence-corrected chi connectivity index (χ3v) is 3.94. The molecule has 1 aromatic heterocycles. The maximum atomic E-state index is 12.3. The third-order valence-electron chi connectivity index (χ3n) is 3.94. The fourth-order valence-corrected chi connectivity index (χ4v) is 2.63. The third kappa shape index (κ3) is 4.10. The molecular formula is C18H26N2O. The molecule has 0 aliphatic heterocycles. The molecule has 0 aliphatic rings. The number of aromatic nitrogens is 1. The number of carbonyl (C=O) groups excluding carboxylic acids is 1. The molecule has 0 aliphatic carbocycles. The van der Waals surface area contributed by atoms with E-state index in [1.807, 2.05) is 37.5 Å². The van der Waals surface area contributed by atoms with Crippen LogP contribution in [0.5, 0.6) is 0 Å². The van der Waals surface area contributed by atoms with E-state index in [9.17, 15) is 4.79 Å². The molecule has 114 valence electrons. The van der Waals surface area contributed by atoms with Crippen LogP contribution in [0.15, 0.2) is 30.5 Å². The molecule has 1 heterocycles. The molecule has 3 nitrogen and oxygen atoms in total. The normalized spacial score (nSPS) is 12.8. The minimum atomic E-state index is 0.0257. The Morgan fingerprint density at radius 2 is 1.95 bits per heavy atom. The highest BCUT2D eigenvalue weighted by Gasteiger charge is 2.11. The number of rotatable bonds is 6. The molecule has 3 heteroatoms. The first-order valence-electron chi connectivity index (χ1n) is 7.83. The highest BCUT2D eigenvalue weighted by molar-refractivity contribution is 5.98. The van der Waals surface area contributed by atoms with Crippen molar-refractivity contribution in [3.8, 4) is 0 Å². The predicted octanol–water partition coefficient (Wildman–Crippen LogP) is 4.12. The van der Waals surface area contributed by atoms with Crippen molar-refractivity contribution in [2.45, 2.75) is 46.1 Å². The van der Waals surface area contributed by atoms with Crippen LogP contribution >= 0.6 is 0 Å². The van der Waals surface area contributed by atoms with E-state index in [-0.39, 0.29) is 11.9 Å². The summed E-state index contributed by atoms with van der Waals surface area (Å²) in [6.45, 7) is 6.55. The van der Waals surface area contributed by atoms with Crippen LogP contribution in [0.4, 0.5) is 0 Å². The molecule has 2 aromatic rings. The molecule has 0 spiro atoms. The van der Waals surface area contributed by atoms with Crippen LogP contribution < -0.4 is 5.32 Å². The number of hydrogen-bond donors (Lipinski definition) is 1. The number of hydrogen-bond acceptors (Lipinski definition) is 1. The minimum absolute atomic E-state index is 0.0257. The van der Waals surface area contributed by atoms with Gasteiger partial charge in [0.25, 0.3) is 5.91 Å². The zero-order valence-corrected chi connectivity index (χ0v) is 13.5. The summed E-state index contributed by atoms with van der Waals surface area (Å²) in [5.74, 6) is 0.756. The van der Waals surface area contributed by atoms with Gasteiger partial charge < -0.3 is 9.88 Å². The lowest BCUT2D eigenvalue weighted by molar-refractivity contribution is 0.0938. The van der Waals surface area contributed by atoms with Gasteiger partial charge in [0.05, 0.1) is 0 Å². The Bertz CT molecular complexity index is 613. The number of benzene rings is 1. The number of fused-ring (bicyclic) bond motifs is 1. The van der Waals surface area contributed by atoms with Crippen LogP contribution in [-0.4, -0.2) is 16.5 Å². The topological polar surface area (TPSA) is 34.0 Å². The standard InChI is InChI=1S/C18H26N2O/c1-13(2)6-5-7-14(3)19-18(21)16-8-9-17-15(12-16)10-11-20(17)4/h8-14H,5-7H2,1-4H3,(H,19,21)/t14-/m0/s1. The van der Waals surface area contributed by atoms with Crippen LogP contribution in [0, 0.1) is 5.92 Å². The molecule has 0 bridgehead atoms. The van der Waals surface area contributed by atoms with Gasteiger partial charge in [0.1, 0.15) is 0 Å². The van der Waals surface area contributed by atoms with Gasteiger partial charge in [-0.1, -0.05) is 26.7 Å². The minimum Gasteiger partial charge on any atom is -0.351 e. The second kappa shape index (κ2) is 6.79. The van der Waals surface area contributed by atoms with Crippen LogP contribution in [0.25, 0.3) is 10.9 Å². The van der Waals surface area contributed by atoms with Gasteiger partial charge in [-0.3, -0.25) is 4.79 Å². The van der Waals surface area contributed by atoms with E-state index in [1.54, 1.807) is 0 Å². The molecule has 2 rings (SSSR count). The van der Waals surface area contributed by atoms with Crippen molar-refractivity contribution in [2.24, 2.45) is 13.0 Å². The van der Waals surface area contributed by atoms with E-state index in [0.717, 1.165) is 35.2 Å². The van der Waals surface area contributed by atoms with Gasteiger partial charge in [-0.2, -0.15) is 0 Å². The Kier molecular flexibility index (Phi) is 5.05. The summed E-state index contributed by atoms with van der Waals surface area (Å²) in [5, 5.41) is 4.20. The summed E-state index contributed by atoms with van der Waals surface area (Å²) < 4.78 is 2.06. The number of amides is 1.